The number of aromatic amines is 1. The lowest BCUT2D eigenvalue weighted by Crippen LogP contribution is -2.40. The minimum Gasteiger partial charge on any atom is -0.295 e. The number of nitrogens with one attached hydrogen (secondary N) is 1. The van der Waals surface area contributed by atoms with E-state index in [9.17, 15) is 18.8 Å². The van der Waals surface area contributed by atoms with E-state index in [0.29, 0.717) is 15.8 Å². The summed E-state index contributed by atoms with van der Waals surface area (Å²) in [6, 6.07) is -0.385. The van der Waals surface area contributed by atoms with E-state index < -0.39 is 18.0 Å². The number of aryl methyl sites for hydroxylation is 1. The van der Waals surface area contributed by atoms with Gasteiger partial charge in [0.05, 0.1) is 11.9 Å². The number of halogens is 1. The molecule has 0 saturated heterocycles. The van der Waals surface area contributed by atoms with Crippen molar-refractivity contribution in [2.24, 2.45) is 0 Å². The zero-order valence-electron chi connectivity index (χ0n) is 13.4. The Morgan fingerprint density at radius 3 is 2.58 bits per heavy atom. The highest BCUT2D eigenvalue weighted by Gasteiger charge is 2.21. The third-order valence-electron chi connectivity index (χ3n) is 3.89. The maximum atomic E-state index is 13.5. The van der Waals surface area contributed by atoms with Crippen molar-refractivity contribution in [2.45, 2.75) is 40.2 Å². The number of aromatic nitrogens is 5. The lowest BCUT2D eigenvalue weighted by Gasteiger charge is -2.12. The number of hydrogen-bond acceptors (Lipinski definition) is 5. The molecule has 24 heavy (non-hydrogen) atoms. The first-order chi connectivity index (χ1) is 11.4. The van der Waals surface area contributed by atoms with E-state index in [-0.39, 0.29) is 23.1 Å². The molecule has 0 unspecified atom stereocenters. The molecule has 0 aliphatic heterocycles. The molecule has 0 amide bonds. The summed E-state index contributed by atoms with van der Waals surface area (Å²) in [5, 5.41) is 4.19. The SMILES string of the molecule is Cc1c(Cn2nc[nH]c2=O)sc2c1c(=O)n(C(C)C)c(=O)n2CF. The van der Waals surface area contributed by atoms with Crippen molar-refractivity contribution in [3.05, 3.63) is 48.1 Å². The van der Waals surface area contributed by atoms with Crippen LogP contribution in [0.3, 0.4) is 0 Å². The highest BCUT2D eigenvalue weighted by Crippen LogP contribution is 2.28. The summed E-state index contributed by atoms with van der Waals surface area (Å²) in [5.74, 6) is 0. The van der Waals surface area contributed by atoms with Crippen LogP contribution in [0.25, 0.3) is 10.2 Å². The average Bonchev–Trinajstić information content (AvgIpc) is 3.04. The summed E-state index contributed by atoms with van der Waals surface area (Å²) < 4.78 is 16.7. The van der Waals surface area contributed by atoms with Gasteiger partial charge in [0.2, 0.25) is 0 Å². The van der Waals surface area contributed by atoms with Crippen LogP contribution in [0.4, 0.5) is 4.39 Å². The zero-order valence-corrected chi connectivity index (χ0v) is 14.2. The van der Waals surface area contributed by atoms with Crippen molar-refractivity contribution in [1.29, 1.82) is 0 Å². The van der Waals surface area contributed by atoms with Gasteiger partial charge < -0.3 is 0 Å². The van der Waals surface area contributed by atoms with Gasteiger partial charge >= 0.3 is 11.4 Å². The minimum atomic E-state index is -1.02. The molecule has 128 valence electrons. The van der Waals surface area contributed by atoms with Gasteiger partial charge in [0.15, 0.2) is 6.80 Å². The van der Waals surface area contributed by atoms with E-state index in [1.54, 1.807) is 20.8 Å². The molecule has 8 nitrogen and oxygen atoms in total. The van der Waals surface area contributed by atoms with Gasteiger partial charge in [-0.05, 0) is 26.3 Å². The fourth-order valence-corrected chi connectivity index (χ4v) is 3.91. The highest BCUT2D eigenvalue weighted by atomic mass is 32.1. The van der Waals surface area contributed by atoms with Crippen molar-refractivity contribution in [3.63, 3.8) is 0 Å². The van der Waals surface area contributed by atoms with Crippen LogP contribution in [-0.2, 0) is 13.3 Å². The second-order valence-electron chi connectivity index (χ2n) is 5.68. The van der Waals surface area contributed by atoms with Gasteiger partial charge in [-0.1, -0.05) is 0 Å². The molecule has 0 aliphatic rings. The number of fused-ring (bicyclic) bond motifs is 1. The standard InChI is InChI=1S/C14H16FN5O3S/c1-7(2)20-11(21)10-8(3)9(4-19-13(22)16-6-17-19)24-12(10)18(5-15)14(20)23/h6-7H,4-5H2,1-3H3,(H,16,17,22). The number of alkyl halides is 1. The van der Waals surface area contributed by atoms with Gasteiger partial charge in [-0.15, -0.1) is 11.3 Å². The second kappa shape index (κ2) is 5.86. The van der Waals surface area contributed by atoms with Crippen molar-refractivity contribution < 1.29 is 4.39 Å². The summed E-state index contributed by atoms with van der Waals surface area (Å²) in [6.07, 6.45) is 1.27. The molecule has 3 rings (SSSR count). The highest BCUT2D eigenvalue weighted by molar-refractivity contribution is 7.18. The number of rotatable bonds is 4. The Labute approximate surface area is 138 Å². The minimum absolute atomic E-state index is 0.148. The molecule has 0 bridgehead atoms. The van der Waals surface area contributed by atoms with Gasteiger partial charge in [-0.25, -0.2) is 18.7 Å². The monoisotopic (exact) mass is 353 g/mol. The maximum Gasteiger partial charge on any atom is 0.343 e. The van der Waals surface area contributed by atoms with Crippen LogP contribution >= 0.6 is 11.3 Å². The Morgan fingerprint density at radius 1 is 1.33 bits per heavy atom. The maximum absolute atomic E-state index is 13.5. The molecular formula is C14H16FN5O3S. The smallest absolute Gasteiger partial charge is 0.295 e. The Kier molecular flexibility index (Phi) is 3.99. The van der Waals surface area contributed by atoms with E-state index in [0.717, 1.165) is 20.5 Å². The third-order valence-corrected chi connectivity index (χ3v) is 5.19. The van der Waals surface area contributed by atoms with E-state index in [1.165, 1.54) is 11.0 Å². The van der Waals surface area contributed by atoms with Gasteiger partial charge in [-0.3, -0.25) is 18.9 Å². The topological polar surface area (TPSA) is 94.7 Å². The average molecular weight is 353 g/mol. The normalized spacial score (nSPS) is 11.7. The summed E-state index contributed by atoms with van der Waals surface area (Å²) in [6.45, 7) is 4.25. The molecule has 1 N–H and O–H groups in total. The van der Waals surface area contributed by atoms with Crippen LogP contribution < -0.4 is 16.9 Å². The van der Waals surface area contributed by atoms with Gasteiger partial charge in [-0.2, -0.15) is 5.10 Å². The van der Waals surface area contributed by atoms with E-state index in [4.69, 9.17) is 0 Å². The Hall–Kier alpha value is -2.49. The first kappa shape index (κ1) is 16.4. The van der Waals surface area contributed by atoms with Crippen LogP contribution in [0.15, 0.2) is 20.7 Å². The molecule has 3 heterocycles. The predicted octanol–water partition coefficient (Wildman–Crippen LogP) is 0.974. The summed E-state index contributed by atoms with van der Waals surface area (Å²) in [7, 11) is 0. The molecule has 0 aliphatic carbocycles. The molecule has 10 heteroatoms. The number of thiophene rings is 1. The largest absolute Gasteiger partial charge is 0.343 e. The van der Waals surface area contributed by atoms with E-state index in [1.807, 2.05) is 0 Å². The van der Waals surface area contributed by atoms with Crippen LogP contribution in [0.1, 0.15) is 30.3 Å². The Bertz CT molecular complexity index is 1080. The van der Waals surface area contributed by atoms with Crippen molar-refractivity contribution in [1.82, 2.24) is 23.9 Å². The summed E-state index contributed by atoms with van der Waals surface area (Å²) in [4.78, 5) is 40.1. The second-order valence-corrected chi connectivity index (χ2v) is 6.76. The van der Waals surface area contributed by atoms with Crippen LogP contribution in [0.5, 0.6) is 0 Å². The van der Waals surface area contributed by atoms with Crippen molar-refractivity contribution in [2.75, 3.05) is 0 Å². The Morgan fingerprint density at radius 2 is 2.04 bits per heavy atom. The first-order valence-electron chi connectivity index (χ1n) is 7.30. The number of H-pyrrole nitrogens is 1. The van der Waals surface area contributed by atoms with E-state index in [2.05, 4.69) is 10.1 Å². The molecule has 0 atom stereocenters. The summed E-state index contributed by atoms with van der Waals surface area (Å²) in [5.41, 5.74) is -0.861. The van der Waals surface area contributed by atoms with Gasteiger partial charge in [0.1, 0.15) is 11.2 Å². The van der Waals surface area contributed by atoms with Crippen LogP contribution in [0.2, 0.25) is 0 Å². The molecule has 0 saturated carbocycles. The third kappa shape index (κ3) is 2.33. The summed E-state index contributed by atoms with van der Waals surface area (Å²) >= 11 is 1.13. The molecule has 0 radical (unpaired) electrons. The van der Waals surface area contributed by atoms with Crippen molar-refractivity contribution in [3.8, 4) is 0 Å². The molecule has 3 aromatic heterocycles. The lowest BCUT2D eigenvalue weighted by molar-refractivity contribution is 0.361. The quantitative estimate of drug-likeness (QED) is 0.756. The number of nitrogens with zero attached hydrogens (tertiary/aromatic N) is 4. The molecule has 3 aromatic rings. The van der Waals surface area contributed by atoms with Crippen molar-refractivity contribution >= 4 is 21.6 Å². The molecule has 0 fully saturated rings. The zero-order chi connectivity index (χ0) is 17.6. The predicted molar refractivity (Wildman–Crippen MR) is 88.5 cm³/mol. The molecule has 0 spiro atoms. The van der Waals surface area contributed by atoms with Gasteiger partial charge in [0.25, 0.3) is 5.56 Å². The number of hydrogen-bond donors (Lipinski definition) is 1. The molecular weight excluding hydrogens is 337 g/mol. The Balaban J connectivity index is 2.34. The first-order valence-corrected chi connectivity index (χ1v) is 8.12. The van der Waals surface area contributed by atoms with Crippen LogP contribution in [0, 0.1) is 6.92 Å². The van der Waals surface area contributed by atoms with Gasteiger partial charge in [0, 0.05) is 10.9 Å². The van der Waals surface area contributed by atoms with E-state index >= 15 is 0 Å². The fourth-order valence-electron chi connectivity index (χ4n) is 2.65. The van der Waals surface area contributed by atoms with Crippen LogP contribution in [-0.4, -0.2) is 23.9 Å². The fraction of sp³-hybridized carbons (Fsp3) is 0.429. The molecule has 0 aromatic carbocycles. The lowest BCUT2D eigenvalue weighted by atomic mass is 10.2.